The van der Waals surface area contributed by atoms with E-state index < -0.39 is 11.2 Å². The monoisotopic (exact) mass is 526 g/mol. The number of nitriles is 1. The highest BCUT2D eigenvalue weighted by atomic mass is 35.5. The van der Waals surface area contributed by atoms with Crippen LogP contribution in [0.5, 0.6) is 0 Å². The first-order chi connectivity index (χ1) is 17.7. The SMILES string of the molecule is CC1(C(N)=O)CCC(n2c(Nc3c(F)cc(C#N)cc3Cl)nc3cnc(N[C@@H]4CC[C@@H](O)C4)nc32)CC1. The maximum absolute atomic E-state index is 14.9. The van der Waals surface area contributed by atoms with Crippen LogP contribution in [0.3, 0.4) is 0 Å². The Balaban J connectivity index is 1.54. The number of rotatable bonds is 6. The number of hydrogen-bond donors (Lipinski definition) is 4. The van der Waals surface area contributed by atoms with Crippen molar-refractivity contribution in [3.8, 4) is 6.07 Å². The number of imidazole rings is 1. The molecule has 1 amide bonds. The Morgan fingerprint density at radius 1 is 1.30 bits per heavy atom. The van der Waals surface area contributed by atoms with Gasteiger partial charge in [-0.15, -0.1) is 0 Å². The molecule has 10 nitrogen and oxygen atoms in total. The molecule has 0 unspecified atom stereocenters. The second kappa shape index (κ2) is 9.76. The fourth-order valence-corrected chi connectivity index (χ4v) is 5.53. The van der Waals surface area contributed by atoms with E-state index in [-0.39, 0.29) is 40.4 Å². The molecule has 5 N–H and O–H groups in total. The molecular formula is C25H28ClFN8O2. The third kappa shape index (κ3) is 4.91. The summed E-state index contributed by atoms with van der Waals surface area (Å²) in [5.74, 6) is -0.254. The highest BCUT2D eigenvalue weighted by Gasteiger charge is 2.38. The molecule has 0 bridgehead atoms. The van der Waals surface area contributed by atoms with E-state index in [1.807, 2.05) is 17.6 Å². The van der Waals surface area contributed by atoms with Crippen LogP contribution in [0.1, 0.15) is 63.5 Å². The molecule has 2 aliphatic carbocycles. The second-order valence-corrected chi connectivity index (χ2v) is 10.6. The van der Waals surface area contributed by atoms with Gasteiger partial charge in [0, 0.05) is 17.5 Å². The molecule has 0 spiro atoms. The number of carbonyl (C=O) groups is 1. The maximum Gasteiger partial charge on any atom is 0.224 e. The number of nitrogens with two attached hydrogens (primary N) is 1. The summed E-state index contributed by atoms with van der Waals surface area (Å²) in [5, 5.41) is 25.3. The van der Waals surface area contributed by atoms with Crippen LogP contribution in [0, 0.1) is 22.6 Å². The average molecular weight is 527 g/mol. The van der Waals surface area contributed by atoms with Crippen molar-refractivity contribution in [2.75, 3.05) is 10.6 Å². The Kier molecular flexibility index (Phi) is 6.64. The van der Waals surface area contributed by atoms with E-state index in [1.54, 1.807) is 6.20 Å². The van der Waals surface area contributed by atoms with Crippen molar-refractivity contribution in [3.05, 3.63) is 34.7 Å². The first-order valence-electron chi connectivity index (χ1n) is 12.3. The number of nitrogens with one attached hydrogen (secondary N) is 2. The van der Waals surface area contributed by atoms with E-state index in [9.17, 15) is 14.3 Å². The van der Waals surface area contributed by atoms with Gasteiger partial charge in [-0.05, 0) is 57.1 Å². The molecule has 2 fully saturated rings. The van der Waals surface area contributed by atoms with Gasteiger partial charge in [0.15, 0.2) is 5.65 Å². The normalized spacial score (nSPS) is 25.6. The number of hydrogen-bond acceptors (Lipinski definition) is 8. The summed E-state index contributed by atoms with van der Waals surface area (Å²) in [6.45, 7) is 1.88. The number of anilines is 3. The van der Waals surface area contributed by atoms with Crippen LogP contribution >= 0.6 is 11.6 Å². The van der Waals surface area contributed by atoms with Crippen LogP contribution in [0.25, 0.3) is 11.2 Å². The van der Waals surface area contributed by atoms with Gasteiger partial charge in [0.05, 0.1) is 34.6 Å². The molecular weight excluding hydrogens is 499 g/mol. The van der Waals surface area contributed by atoms with E-state index in [0.717, 1.165) is 18.9 Å². The molecule has 2 saturated carbocycles. The molecule has 3 aromatic rings. The fraction of sp³-hybridized carbons (Fsp3) is 0.480. The van der Waals surface area contributed by atoms with Gasteiger partial charge in [0.2, 0.25) is 17.8 Å². The van der Waals surface area contributed by atoms with Crippen molar-refractivity contribution in [1.82, 2.24) is 19.5 Å². The zero-order valence-electron chi connectivity index (χ0n) is 20.3. The Labute approximate surface area is 218 Å². The van der Waals surface area contributed by atoms with Crippen LogP contribution in [0.2, 0.25) is 5.02 Å². The number of nitrogens with zero attached hydrogens (tertiary/aromatic N) is 5. The number of amides is 1. The topological polar surface area (TPSA) is 155 Å². The third-order valence-corrected chi connectivity index (χ3v) is 7.90. The highest BCUT2D eigenvalue weighted by molar-refractivity contribution is 6.33. The standard InChI is InChI=1S/C25H28ClFN8O2/c1-25(22(29)37)6-4-15(5-7-25)35-21-19(12-30-23(34-21)31-14-2-3-16(36)10-14)32-24(35)33-20-17(26)8-13(11-28)9-18(20)27/h8-9,12,14-16,36H,2-7,10H2,1H3,(H2,29,37)(H,32,33)(H,30,31,34)/t14-,15?,16-,25?/m1/s1. The summed E-state index contributed by atoms with van der Waals surface area (Å²) >= 11 is 6.30. The summed E-state index contributed by atoms with van der Waals surface area (Å²) < 4.78 is 16.8. The lowest BCUT2D eigenvalue weighted by Crippen LogP contribution is -2.38. The van der Waals surface area contributed by atoms with Crippen molar-refractivity contribution in [2.45, 2.75) is 70.1 Å². The molecule has 0 aliphatic heterocycles. The summed E-state index contributed by atoms with van der Waals surface area (Å²) in [6.07, 6.45) is 5.90. The number of halogens is 2. The van der Waals surface area contributed by atoms with Crippen molar-refractivity contribution >= 4 is 46.3 Å². The smallest absolute Gasteiger partial charge is 0.224 e. The average Bonchev–Trinajstić information content (AvgIpc) is 3.44. The van der Waals surface area contributed by atoms with E-state index in [1.165, 1.54) is 6.07 Å². The third-order valence-electron chi connectivity index (χ3n) is 7.60. The van der Waals surface area contributed by atoms with Gasteiger partial charge in [-0.2, -0.15) is 10.2 Å². The molecule has 2 aromatic heterocycles. The fourth-order valence-electron chi connectivity index (χ4n) is 5.28. The number of aliphatic hydroxyl groups is 1. The van der Waals surface area contributed by atoms with E-state index in [0.29, 0.717) is 55.2 Å². The molecule has 37 heavy (non-hydrogen) atoms. The minimum Gasteiger partial charge on any atom is -0.393 e. The predicted octanol–water partition coefficient (Wildman–Crippen LogP) is 4.17. The lowest BCUT2D eigenvalue weighted by atomic mass is 9.73. The summed E-state index contributed by atoms with van der Waals surface area (Å²) in [6, 6.07) is 4.36. The molecule has 12 heteroatoms. The number of primary amides is 1. The Bertz CT molecular complexity index is 1370. The Morgan fingerprint density at radius 3 is 2.68 bits per heavy atom. The Hall–Kier alpha value is -3.49. The number of carbonyl (C=O) groups excluding carboxylic acids is 1. The summed E-state index contributed by atoms with van der Waals surface area (Å²) in [4.78, 5) is 25.8. The number of aliphatic hydroxyl groups excluding tert-OH is 1. The van der Waals surface area contributed by atoms with Crippen LogP contribution in [0.15, 0.2) is 18.3 Å². The Morgan fingerprint density at radius 2 is 2.05 bits per heavy atom. The minimum atomic E-state index is -0.680. The van der Waals surface area contributed by atoms with Gasteiger partial charge in [0.1, 0.15) is 11.3 Å². The molecule has 2 aliphatic rings. The van der Waals surface area contributed by atoms with Gasteiger partial charge in [-0.25, -0.2) is 14.4 Å². The predicted molar refractivity (Wildman–Crippen MR) is 137 cm³/mol. The maximum atomic E-state index is 14.9. The zero-order chi connectivity index (χ0) is 26.3. The zero-order valence-corrected chi connectivity index (χ0v) is 21.1. The molecule has 194 valence electrons. The van der Waals surface area contributed by atoms with Crippen molar-refractivity contribution in [3.63, 3.8) is 0 Å². The minimum absolute atomic E-state index is 0.00116. The lowest BCUT2D eigenvalue weighted by Gasteiger charge is -2.35. The number of fused-ring (bicyclic) bond motifs is 1. The molecule has 1 aromatic carbocycles. The second-order valence-electron chi connectivity index (χ2n) is 10.2. The first-order valence-corrected chi connectivity index (χ1v) is 12.7. The van der Waals surface area contributed by atoms with Crippen molar-refractivity contribution < 1.29 is 14.3 Å². The summed E-state index contributed by atoms with van der Waals surface area (Å²) in [5.41, 5.74) is 6.24. The van der Waals surface area contributed by atoms with Crippen molar-refractivity contribution in [2.24, 2.45) is 11.1 Å². The highest BCUT2D eigenvalue weighted by Crippen LogP contribution is 2.43. The largest absolute Gasteiger partial charge is 0.393 e. The lowest BCUT2D eigenvalue weighted by molar-refractivity contribution is -0.128. The van der Waals surface area contributed by atoms with Gasteiger partial charge < -0.3 is 21.5 Å². The van der Waals surface area contributed by atoms with Gasteiger partial charge in [-0.1, -0.05) is 18.5 Å². The van der Waals surface area contributed by atoms with E-state index >= 15 is 0 Å². The molecule has 0 radical (unpaired) electrons. The van der Waals surface area contributed by atoms with Crippen LogP contribution in [0.4, 0.5) is 22.0 Å². The van der Waals surface area contributed by atoms with Crippen molar-refractivity contribution in [1.29, 1.82) is 5.26 Å². The summed E-state index contributed by atoms with van der Waals surface area (Å²) in [7, 11) is 0. The van der Waals surface area contributed by atoms with Crippen LogP contribution < -0.4 is 16.4 Å². The van der Waals surface area contributed by atoms with Crippen LogP contribution in [-0.2, 0) is 4.79 Å². The first kappa shape index (κ1) is 25.2. The van der Waals surface area contributed by atoms with E-state index in [4.69, 9.17) is 27.6 Å². The van der Waals surface area contributed by atoms with Crippen LogP contribution in [-0.4, -0.2) is 42.7 Å². The van der Waals surface area contributed by atoms with E-state index in [2.05, 4.69) is 20.6 Å². The van der Waals surface area contributed by atoms with Gasteiger partial charge in [0.25, 0.3) is 0 Å². The number of aromatic nitrogens is 4. The van der Waals surface area contributed by atoms with Gasteiger partial charge >= 0.3 is 0 Å². The number of benzene rings is 1. The molecule has 2 atom stereocenters. The van der Waals surface area contributed by atoms with Gasteiger partial charge in [-0.3, -0.25) is 9.36 Å². The molecule has 2 heterocycles. The molecule has 5 rings (SSSR count). The quantitative estimate of drug-likeness (QED) is 0.373. The molecule has 0 saturated heterocycles.